The lowest BCUT2D eigenvalue weighted by Gasteiger charge is -2.28. The summed E-state index contributed by atoms with van der Waals surface area (Å²) in [5.74, 6) is -7.38. The number of aliphatic carboxylic acids is 1. The zero-order valence-corrected chi connectivity index (χ0v) is 35.4. The van der Waals surface area contributed by atoms with Crippen LogP contribution >= 0.6 is 0 Å². The number of benzene rings is 1. The number of aliphatic hydroxyl groups is 1. The van der Waals surface area contributed by atoms with Crippen molar-refractivity contribution >= 4 is 53.3 Å². The second kappa shape index (κ2) is 26.4. The van der Waals surface area contributed by atoms with Gasteiger partial charge in [-0.1, -0.05) is 58.0 Å². The molecular formula is C40H65N11O10. The van der Waals surface area contributed by atoms with Crippen LogP contribution in [0.5, 0.6) is 0 Å². The van der Waals surface area contributed by atoms with E-state index >= 15 is 0 Å². The third kappa shape index (κ3) is 19.4. The van der Waals surface area contributed by atoms with Crippen molar-refractivity contribution in [2.45, 2.75) is 128 Å². The minimum atomic E-state index is -1.65. The van der Waals surface area contributed by atoms with Crippen molar-refractivity contribution in [3.8, 4) is 0 Å². The van der Waals surface area contributed by atoms with Crippen LogP contribution in [-0.4, -0.2) is 125 Å². The first-order valence-electron chi connectivity index (χ1n) is 20.6. The Bertz CT molecular complexity index is 1660. The number of rotatable bonds is 27. The number of nitrogens with two attached hydrogens (primary N) is 2. The van der Waals surface area contributed by atoms with Gasteiger partial charge in [0.15, 0.2) is 5.96 Å². The molecule has 21 nitrogen and oxygen atoms in total. The van der Waals surface area contributed by atoms with Crippen molar-refractivity contribution in [3.05, 3.63) is 35.9 Å². The highest BCUT2D eigenvalue weighted by Gasteiger charge is 2.34. The van der Waals surface area contributed by atoms with E-state index in [9.17, 15) is 48.6 Å². The maximum absolute atomic E-state index is 14.1. The number of hydrogen-bond donors (Lipinski definition) is 13. The van der Waals surface area contributed by atoms with Crippen molar-refractivity contribution in [3.63, 3.8) is 0 Å². The Morgan fingerprint density at radius 2 is 1.21 bits per heavy atom. The summed E-state index contributed by atoms with van der Waals surface area (Å²) in [6, 6.07) is 0.504. The average molecular weight is 860 g/mol. The number of hydrogen-bond acceptors (Lipinski definition) is 11. The Balaban J connectivity index is 2.38. The second-order valence-corrected chi connectivity index (χ2v) is 16.0. The summed E-state index contributed by atoms with van der Waals surface area (Å²) in [5, 5.41) is 47.5. The molecule has 7 amide bonds. The van der Waals surface area contributed by atoms with Crippen molar-refractivity contribution in [1.29, 1.82) is 5.41 Å². The van der Waals surface area contributed by atoms with Crippen LogP contribution in [0.4, 0.5) is 0 Å². The van der Waals surface area contributed by atoms with Gasteiger partial charge in [0.05, 0.1) is 12.6 Å². The monoisotopic (exact) mass is 859 g/mol. The van der Waals surface area contributed by atoms with Gasteiger partial charge < -0.3 is 64.2 Å². The fourth-order valence-corrected chi connectivity index (χ4v) is 6.55. The van der Waals surface area contributed by atoms with Crippen LogP contribution in [0.15, 0.2) is 30.3 Å². The standard InChI is InChI=1S/C40H65N11O10/c1-22(2)18-28(36(57)47-27(14-15-32(41)53)35(56)49-29(19-23(3)4)37(58)51-31(21-52)39(60)61)48-34(55)26(13-9-17-45-40(42)43)46-38(59)30(20-24-10-6-5-7-11-24)50-33(54)25-12-8-16-44-25/h5-7,10-11,22-23,25-31,44,52H,8-9,12-21H2,1-4H3,(H2,41,53)(H,46,59)(H,47,57)(H,48,55)(H,49,56)(H,50,54)(H,51,58)(H,60,61)(H4,42,43,45)/t25-,26-,27-,28-,29-,30-,31-/m0/s1. The highest BCUT2D eigenvalue weighted by atomic mass is 16.4. The van der Waals surface area contributed by atoms with E-state index in [-0.39, 0.29) is 75.2 Å². The minimum absolute atomic E-state index is 0.0199. The summed E-state index contributed by atoms with van der Waals surface area (Å²) in [6.07, 6.45) is 1.21. The van der Waals surface area contributed by atoms with Crippen molar-refractivity contribution in [2.24, 2.45) is 23.3 Å². The summed E-state index contributed by atoms with van der Waals surface area (Å²) in [4.78, 5) is 105. The van der Waals surface area contributed by atoms with E-state index in [1.54, 1.807) is 52.0 Å². The zero-order chi connectivity index (χ0) is 45.6. The van der Waals surface area contributed by atoms with Crippen LogP contribution in [0, 0.1) is 17.2 Å². The largest absolute Gasteiger partial charge is 0.480 e. The average Bonchev–Trinajstić information content (AvgIpc) is 3.74. The van der Waals surface area contributed by atoms with Gasteiger partial charge in [0, 0.05) is 19.4 Å². The Labute approximate surface area is 355 Å². The molecule has 1 fully saturated rings. The Morgan fingerprint density at radius 1 is 0.721 bits per heavy atom. The molecule has 0 unspecified atom stereocenters. The van der Waals surface area contributed by atoms with E-state index in [2.05, 4.69) is 42.5 Å². The van der Waals surface area contributed by atoms with Crippen LogP contribution in [0.3, 0.4) is 0 Å². The molecule has 0 saturated carbocycles. The van der Waals surface area contributed by atoms with E-state index in [4.69, 9.17) is 16.9 Å². The summed E-state index contributed by atoms with van der Waals surface area (Å²) >= 11 is 0. The molecule has 21 heteroatoms. The Hall–Kier alpha value is -5.83. The van der Waals surface area contributed by atoms with Crippen LogP contribution in [0.2, 0.25) is 0 Å². The first-order chi connectivity index (χ1) is 28.8. The SMILES string of the molecule is CC(C)C[C@H](NC(=O)[C@H](CCC(N)=O)NC(=O)[C@H](CC(C)C)NC(=O)[C@H](CCCNC(=N)N)NC(=O)[C@H](Cc1ccccc1)NC(=O)[C@@H]1CCCN1)C(=O)N[C@@H](CO)C(=O)O. The molecule has 1 aromatic carbocycles. The number of carbonyl (C=O) groups is 8. The fraction of sp³-hybridized carbons (Fsp3) is 0.625. The first kappa shape index (κ1) is 51.3. The predicted molar refractivity (Wildman–Crippen MR) is 224 cm³/mol. The molecule has 0 spiro atoms. The van der Waals surface area contributed by atoms with Crippen LogP contribution in [0.25, 0.3) is 0 Å². The molecule has 1 saturated heterocycles. The topological polar surface area (TPSA) is 349 Å². The number of amides is 7. The summed E-state index contributed by atoms with van der Waals surface area (Å²) in [7, 11) is 0. The fourth-order valence-electron chi connectivity index (χ4n) is 6.55. The molecule has 15 N–H and O–H groups in total. The Morgan fingerprint density at radius 3 is 1.67 bits per heavy atom. The van der Waals surface area contributed by atoms with Gasteiger partial charge in [0.2, 0.25) is 41.4 Å². The second-order valence-electron chi connectivity index (χ2n) is 16.0. The molecule has 61 heavy (non-hydrogen) atoms. The highest BCUT2D eigenvalue weighted by Crippen LogP contribution is 2.12. The summed E-state index contributed by atoms with van der Waals surface area (Å²) < 4.78 is 0. The van der Waals surface area contributed by atoms with Crippen LogP contribution < -0.4 is 54.0 Å². The molecular weight excluding hydrogens is 795 g/mol. The van der Waals surface area contributed by atoms with Crippen LogP contribution in [-0.2, 0) is 44.8 Å². The molecule has 1 heterocycles. The molecule has 0 aliphatic carbocycles. The van der Waals surface area contributed by atoms with Crippen molar-refractivity contribution in [2.75, 3.05) is 19.7 Å². The lowest BCUT2D eigenvalue weighted by Crippen LogP contribution is -2.60. The lowest BCUT2D eigenvalue weighted by atomic mass is 10.00. The number of guanidine groups is 1. The van der Waals surface area contributed by atoms with Gasteiger partial charge >= 0.3 is 5.97 Å². The van der Waals surface area contributed by atoms with Crippen LogP contribution in [0.1, 0.15) is 84.6 Å². The molecule has 2 rings (SSSR count). The summed E-state index contributed by atoms with van der Waals surface area (Å²) in [6.45, 7) is 7.00. The number of carbonyl (C=O) groups excluding carboxylic acids is 7. The minimum Gasteiger partial charge on any atom is -0.480 e. The zero-order valence-electron chi connectivity index (χ0n) is 35.4. The number of primary amides is 1. The lowest BCUT2D eigenvalue weighted by molar-refractivity contribution is -0.143. The Kier molecular flexibility index (Phi) is 22.2. The number of nitrogens with one attached hydrogen (secondary N) is 9. The third-order valence-electron chi connectivity index (χ3n) is 9.70. The maximum Gasteiger partial charge on any atom is 0.328 e. The maximum atomic E-state index is 14.1. The molecule has 340 valence electrons. The number of aliphatic hydroxyl groups excluding tert-OH is 1. The molecule has 0 bridgehead atoms. The number of carboxylic acids is 1. The van der Waals surface area contributed by atoms with E-state index in [1.165, 1.54) is 0 Å². The highest BCUT2D eigenvalue weighted by molar-refractivity contribution is 5.97. The molecule has 1 aromatic rings. The quantitative estimate of drug-likeness (QED) is 0.0249. The van der Waals surface area contributed by atoms with Gasteiger partial charge in [0.1, 0.15) is 36.3 Å². The normalized spacial score (nSPS) is 16.5. The van der Waals surface area contributed by atoms with Gasteiger partial charge in [-0.25, -0.2) is 4.79 Å². The molecule has 1 aliphatic heterocycles. The van der Waals surface area contributed by atoms with E-state index in [0.29, 0.717) is 13.0 Å². The molecule has 0 aromatic heterocycles. The van der Waals surface area contributed by atoms with Gasteiger partial charge in [-0.2, -0.15) is 0 Å². The van der Waals surface area contributed by atoms with Gasteiger partial charge in [0.25, 0.3) is 0 Å². The van der Waals surface area contributed by atoms with E-state index in [0.717, 1.165) is 12.0 Å². The van der Waals surface area contributed by atoms with Gasteiger partial charge in [-0.15, -0.1) is 0 Å². The summed E-state index contributed by atoms with van der Waals surface area (Å²) in [5.41, 5.74) is 11.6. The van der Waals surface area contributed by atoms with E-state index < -0.39 is 90.3 Å². The smallest absolute Gasteiger partial charge is 0.328 e. The van der Waals surface area contributed by atoms with E-state index in [1.807, 2.05) is 6.07 Å². The molecule has 1 aliphatic rings. The van der Waals surface area contributed by atoms with Gasteiger partial charge in [-0.3, -0.25) is 39.0 Å². The molecule has 7 atom stereocenters. The first-order valence-corrected chi connectivity index (χ1v) is 20.6. The number of carboxylic acid groups (broad SMARTS) is 1. The third-order valence-corrected chi connectivity index (χ3v) is 9.70. The predicted octanol–water partition coefficient (Wildman–Crippen LogP) is -2.41. The van der Waals surface area contributed by atoms with Crippen molar-refractivity contribution < 1.29 is 48.6 Å². The van der Waals surface area contributed by atoms with Gasteiger partial charge in [-0.05, 0) is 68.9 Å². The molecule has 0 radical (unpaired) electrons. The van der Waals surface area contributed by atoms with Crippen molar-refractivity contribution in [1.82, 2.24) is 42.5 Å².